The van der Waals surface area contributed by atoms with Gasteiger partial charge in [-0.05, 0) is 362 Å². The van der Waals surface area contributed by atoms with Gasteiger partial charge in [0.15, 0.2) is 0 Å². The van der Waals surface area contributed by atoms with Gasteiger partial charge in [0.25, 0.3) is 0 Å². The Morgan fingerprint density at radius 1 is 0.301 bits per heavy atom. The van der Waals surface area contributed by atoms with Crippen molar-refractivity contribution >= 4 is 97.9 Å². The van der Waals surface area contributed by atoms with Gasteiger partial charge in [0.1, 0.15) is 0 Å². The van der Waals surface area contributed by atoms with Crippen LogP contribution in [0.1, 0.15) is 274 Å². The van der Waals surface area contributed by atoms with E-state index in [4.69, 9.17) is 0 Å². The lowest BCUT2D eigenvalue weighted by molar-refractivity contribution is 0.0341. The number of fused-ring (bicyclic) bond motifs is 1. The number of benzene rings is 10. The third-order valence-electron chi connectivity index (χ3n) is 31.6. The molecule has 1 heterocycles. The molecule has 22 unspecified atom stereocenters. The van der Waals surface area contributed by atoms with Crippen molar-refractivity contribution in [3.05, 3.63) is 140 Å². The average molecular weight is 933 g/mol. The fourth-order valence-corrected chi connectivity index (χ4v) is 35.0. The summed E-state index contributed by atoms with van der Waals surface area (Å²) in [6, 6.07) is 5.96. The zero-order valence-electron chi connectivity index (χ0n) is 40.3. The highest BCUT2D eigenvalue weighted by Gasteiger charge is 2.89. The van der Waals surface area contributed by atoms with Crippen molar-refractivity contribution in [3.8, 4) is 11.1 Å². The molecule has 0 amide bonds. The standard InChI is InChI=1S/C72H36S/c1-7(2)9-5-11-12(6-10(9)8(3)4)73-72-69-63-57-47-35-27-19-15-13-14-17-21(19)29(35)39-33-25(17)26-18(14)22-20-16(13)24-23(15)31-37(27)45-51-41(31)42-32(24)38-28(20)36-30(22)40-34(26)44-43(33)55(49(39)57)65(69)66-56(44)50(40)58-48(36)54-46(38)52(42)60-59(51)67(61(63)53(45)47)71(11,72)68(60)62(54)64(58)70(66)72/h5-8,15,17,19,21,23,25,31,33,41-44,52,56,60,62,64,66,68,70H,1-4H3. The van der Waals surface area contributed by atoms with Gasteiger partial charge < -0.3 is 0 Å². The molecule has 0 N–H and O–H groups in total. The number of hydrogen-bond acceptors (Lipinski definition) is 1. The lowest BCUT2D eigenvalue weighted by Crippen LogP contribution is -2.62. The Morgan fingerprint density at radius 2 is 0.589 bits per heavy atom. The minimum atomic E-state index is 0.0136. The highest BCUT2D eigenvalue weighted by molar-refractivity contribution is 8.00. The van der Waals surface area contributed by atoms with Crippen molar-refractivity contribution in [2.24, 2.45) is 11.8 Å². The first-order chi connectivity index (χ1) is 36.1. The minimum absolute atomic E-state index is 0.0136. The third kappa shape index (κ3) is 1.72. The van der Waals surface area contributed by atoms with Crippen LogP contribution < -0.4 is 0 Å². The smallest absolute Gasteiger partial charge is 0.0645 e. The van der Waals surface area contributed by atoms with E-state index >= 15 is 0 Å². The Kier molecular flexibility index (Phi) is 2.93. The van der Waals surface area contributed by atoms with E-state index in [1.54, 1.807) is 16.0 Å². The zero-order chi connectivity index (χ0) is 44.1. The Bertz CT molecular complexity index is 5600. The highest BCUT2D eigenvalue weighted by atomic mass is 32.2. The van der Waals surface area contributed by atoms with Crippen LogP contribution >= 0.6 is 11.8 Å². The molecular formula is C72H36S. The zero-order valence-corrected chi connectivity index (χ0v) is 41.1. The lowest BCUT2D eigenvalue weighted by Gasteiger charge is -2.65. The minimum Gasteiger partial charge on any atom is -0.112 e. The van der Waals surface area contributed by atoms with Crippen molar-refractivity contribution in [1.82, 2.24) is 0 Å². The van der Waals surface area contributed by atoms with E-state index in [9.17, 15) is 0 Å². The second kappa shape index (κ2) is 7.06. The van der Waals surface area contributed by atoms with Crippen LogP contribution in [-0.4, -0.2) is 0 Å². The molecule has 22 aliphatic carbocycles. The van der Waals surface area contributed by atoms with Gasteiger partial charge in [-0.2, -0.15) is 0 Å². The first-order valence-electron chi connectivity index (χ1n) is 30.1. The summed E-state index contributed by atoms with van der Waals surface area (Å²) in [5.74, 6) is 14.4. The molecule has 22 atom stereocenters. The van der Waals surface area contributed by atoms with E-state index in [1.807, 2.05) is 203 Å². The van der Waals surface area contributed by atoms with Crippen molar-refractivity contribution in [2.75, 3.05) is 0 Å². The van der Waals surface area contributed by atoms with Crippen molar-refractivity contribution < 1.29 is 0 Å². The molecular weight excluding hydrogens is 897 g/mol. The lowest BCUT2D eigenvalue weighted by atomic mass is 9.39. The molecule has 1 aliphatic heterocycles. The van der Waals surface area contributed by atoms with Crippen molar-refractivity contribution in [2.45, 2.75) is 161 Å². The summed E-state index contributed by atoms with van der Waals surface area (Å²) in [5.41, 5.74) is 49.9. The molecule has 11 aromatic carbocycles. The molecule has 0 radical (unpaired) electrons. The van der Waals surface area contributed by atoms with E-state index < -0.39 is 0 Å². The van der Waals surface area contributed by atoms with E-state index in [0.717, 1.165) is 0 Å². The van der Waals surface area contributed by atoms with Gasteiger partial charge in [-0.25, -0.2) is 0 Å². The number of rotatable bonds is 2. The molecule has 34 rings (SSSR count). The third-order valence-corrected chi connectivity index (χ3v) is 33.3. The predicted molar refractivity (Wildman–Crippen MR) is 285 cm³/mol. The van der Waals surface area contributed by atoms with Crippen LogP contribution in [0.25, 0.3) is 97.3 Å². The van der Waals surface area contributed by atoms with Crippen LogP contribution in [0.5, 0.6) is 0 Å². The Hall–Kier alpha value is -5.37. The van der Waals surface area contributed by atoms with E-state index in [2.05, 4.69) is 62.7 Å². The molecule has 23 aliphatic rings. The first kappa shape index (κ1) is 30.2. The second-order valence-corrected chi connectivity index (χ2v) is 32.7. The summed E-state index contributed by atoms with van der Waals surface area (Å²) in [4.78, 5) is 1.76. The van der Waals surface area contributed by atoms with Crippen LogP contribution in [0.3, 0.4) is 0 Å². The van der Waals surface area contributed by atoms with Crippen molar-refractivity contribution in [3.63, 3.8) is 0 Å². The van der Waals surface area contributed by atoms with Gasteiger partial charge in [-0.15, -0.1) is 11.8 Å². The average Bonchev–Trinajstić information content (AvgIpc) is 4.27. The van der Waals surface area contributed by atoms with Gasteiger partial charge >= 0.3 is 0 Å². The Morgan fingerprint density at radius 3 is 1.01 bits per heavy atom. The fraction of sp³-hybridized carbons (Fsp3) is 0.389. The van der Waals surface area contributed by atoms with Crippen LogP contribution in [0.15, 0.2) is 17.0 Å². The van der Waals surface area contributed by atoms with Crippen molar-refractivity contribution in [1.29, 1.82) is 0 Å². The molecule has 1 heteroatoms. The molecule has 330 valence electrons. The summed E-state index contributed by atoms with van der Waals surface area (Å²) in [6.45, 7) is 10.2. The normalized spacial score (nSPS) is 46.7. The van der Waals surface area contributed by atoms with Gasteiger partial charge in [0.2, 0.25) is 0 Å². The van der Waals surface area contributed by atoms with Gasteiger partial charge in [-0.3, -0.25) is 0 Å². The molecule has 2 spiro atoms. The molecule has 1 fully saturated rings. The molecule has 0 saturated heterocycles. The highest BCUT2D eigenvalue weighted by Crippen LogP contribution is 3.01. The Labute approximate surface area is 419 Å². The molecule has 0 nitrogen and oxygen atoms in total. The molecule has 0 aromatic heterocycles. The largest absolute Gasteiger partial charge is 0.112 e. The van der Waals surface area contributed by atoms with E-state index in [0.29, 0.717) is 130 Å². The van der Waals surface area contributed by atoms with Gasteiger partial charge in [0.05, 0.1) is 4.75 Å². The number of thioether (sulfide) groups is 1. The van der Waals surface area contributed by atoms with E-state index in [-0.39, 0.29) is 10.2 Å². The molecule has 0 bridgehead atoms. The molecule has 1 saturated carbocycles. The predicted octanol–water partition coefficient (Wildman–Crippen LogP) is 16.7. The number of hydrogen-bond donors (Lipinski definition) is 0. The summed E-state index contributed by atoms with van der Waals surface area (Å²) >= 11 is 2.61. The van der Waals surface area contributed by atoms with Crippen LogP contribution in [0.2, 0.25) is 0 Å². The van der Waals surface area contributed by atoms with Crippen LogP contribution in [-0.2, 0) is 10.2 Å². The second-order valence-electron chi connectivity index (χ2n) is 31.4. The topological polar surface area (TPSA) is 0 Å². The van der Waals surface area contributed by atoms with E-state index in [1.165, 1.54) is 0 Å². The van der Waals surface area contributed by atoms with Gasteiger partial charge in [-0.1, -0.05) is 33.8 Å². The summed E-state index contributed by atoms with van der Waals surface area (Å²) < 4.78 is 0.0483. The van der Waals surface area contributed by atoms with Crippen LogP contribution in [0.4, 0.5) is 0 Å². The Balaban J connectivity index is 0.995. The monoisotopic (exact) mass is 932 g/mol. The maximum absolute atomic E-state index is 3.04. The maximum atomic E-state index is 3.04. The summed E-state index contributed by atoms with van der Waals surface area (Å²) in [7, 11) is 0. The molecule has 73 heavy (non-hydrogen) atoms. The summed E-state index contributed by atoms with van der Waals surface area (Å²) in [6.07, 6.45) is 0. The SMILES string of the molecule is CC(C)c1cc2c(cc1C(C)C)C13c4c5c6c7c8c9c%10c%11c%12c%13c%14c%15c(c%16c%13c%10c7c4-%16)C1(S2)C1C%15C2c4c7c%10c%13c%15c%16c%17c%18c%19c%20c%21c%22c%23c(c4c4c%22c%19c%16c%104)C2C%14C%12C%23C%21C%11C9C%20C%18C8C6C%17C%15C5C3C%13C71. The first-order valence-corrected chi connectivity index (χ1v) is 31.0. The van der Waals surface area contributed by atoms with Crippen LogP contribution in [0, 0.1) is 11.8 Å². The molecule has 11 aromatic rings. The fourth-order valence-electron chi connectivity index (χ4n) is 32.9. The summed E-state index contributed by atoms with van der Waals surface area (Å²) in [5, 5.41) is 30.8. The van der Waals surface area contributed by atoms with Gasteiger partial charge in [0, 0.05) is 10.3 Å². The quantitative estimate of drug-likeness (QED) is 0.156. The maximum Gasteiger partial charge on any atom is 0.0645 e.